The average molecular weight is 508 g/mol. The summed E-state index contributed by atoms with van der Waals surface area (Å²) in [6.45, 7) is 0.380. The van der Waals surface area contributed by atoms with E-state index in [4.69, 9.17) is 5.73 Å². The molecule has 0 fully saturated rings. The number of nitrogens with one attached hydrogen (secondary N) is 2. The predicted octanol–water partition coefficient (Wildman–Crippen LogP) is 3.53. The van der Waals surface area contributed by atoms with E-state index in [2.05, 4.69) is 20.4 Å². The third-order valence-electron chi connectivity index (χ3n) is 3.46. The van der Waals surface area contributed by atoms with Crippen LogP contribution in [0.5, 0.6) is 5.75 Å². The van der Waals surface area contributed by atoms with Gasteiger partial charge in [-0.05, 0) is 48.4 Å². The Morgan fingerprint density at radius 1 is 1.18 bits per heavy atom. The molecule has 0 heterocycles. The van der Waals surface area contributed by atoms with Gasteiger partial charge >= 0.3 is 6.36 Å². The molecule has 0 saturated heterocycles. The predicted molar refractivity (Wildman–Crippen MR) is 112 cm³/mol. The number of carbonyl (C=O) groups excluding carboxylic acids is 1. The molecule has 0 aliphatic heterocycles. The third-order valence-corrected chi connectivity index (χ3v) is 3.46. The van der Waals surface area contributed by atoms with Gasteiger partial charge in [0.2, 0.25) is 0 Å². The zero-order valence-corrected chi connectivity index (χ0v) is 17.2. The first-order chi connectivity index (χ1) is 12.8. The number of ether oxygens (including phenoxy) is 1. The highest BCUT2D eigenvalue weighted by Crippen LogP contribution is 2.23. The van der Waals surface area contributed by atoms with E-state index in [1.807, 2.05) is 6.07 Å². The fourth-order valence-electron chi connectivity index (χ4n) is 2.25. The van der Waals surface area contributed by atoms with Crippen molar-refractivity contribution in [2.45, 2.75) is 12.8 Å². The minimum absolute atomic E-state index is 0. The van der Waals surface area contributed by atoms with Crippen molar-refractivity contribution in [2.75, 3.05) is 18.9 Å². The topological polar surface area (TPSA) is 88.7 Å². The van der Waals surface area contributed by atoms with E-state index in [9.17, 15) is 18.0 Å². The lowest BCUT2D eigenvalue weighted by Crippen LogP contribution is -2.23. The molecule has 2 aromatic carbocycles. The van der Waals surface area contributed by atoms with Gasteiger partial charge in [-0.3, -0.25) is 9.79 Å². The van der Waals surface area contributed by atoms with Crippen LogP contribution in [0, 0.1) is 0 Å². The number of nitrogens with two attached hydrogens (primary N) is 1. The quantitative estimate of drug-likeness (QED) is 0.317. The van der Waals surface area contributed by atoms with Crippen molar-refractivity contribution in [3.63, 3.8) is 0 Å². The molecular formula is C18H20F3IN4O2. The summed E-state index contributed by atoms with van der Waals surface area (Å²) in [6, 6.07) is 12.3. The van der Waals surface area contributed by atoms with Crippen molar-refractivity contribution in [2.24, 2.45) is 10.7 Å². The van der Waals surface area contributed by atoms with Crippen molar-refractivity contribution in [1.29, 1.82) is 0 Å². The summed E-state index contributed by atoms with van der Waals surface area (Å²) in [5.74, 6) is -0.360. The van der Waals surface area contributed by atoms with Crippen molar-refractivity contribution in [1.82, 2.24) is 5.32 Å². The van der Waals surface area contributed by atoms with E-state index >= 15 is 0 Å². The van der Waals surface area contributed by atoms with E-state index in [1.165, 1.54) is 24.3 Å². The second-order valence-corrected chi connectivity index (χ2v) is 5.49. The number of hydrogen-bond acceptors (Lipinski definition) is 3. The molecule has 1 amide bonds. The highest BCUT2D eigenvalue weighted by Gasteiger charge is 2.30. The fraction of sp³-hybridized carbons (Fsp3) is 0.222. The van der Waals surface area contributed by atoms with Crippen LogP contribution in [0.3, 0.4) is 0 Å². The normalized spacial score (nSPS) is 11.4. The van der Waals surface area contributed by atoms with E-state index in [-0.39, 0.29) is 41.6 Å². The fourth-order valence-corrected chi connectivity index (χ4v) is 2.25. The summed E-state index contributed by atoms with van der Waals surface area (Å²) in [4.78, 5) is 15.8. The summed E-state index contributed by atoms with van der Waals surface area (Å²) < 4.78 is 40.2. The molecule has 0 aromatic heterocycles. The number of hydrogen-bond donors (Lipinski definition) is 3. The molecule has 0 atom stereocenters. The van der Waals surface area contributed by atoms with E-state index in [0.29, 0.717) is 24.2 Å². The number of rotatable bonds is 6. The van der Waals surface area contributed by atoms with Crippen LogP contribution in [0.15, 0.2) is 53.5 Å². The van der Waals surface area contributed by atoms with Crippen molar-refractivity contribution >= 4 is 41.5 Å². The maximum atomic E-state index is 12.1. The molecule has 2 rings (SSSR count). The molecule has 4 N–H and O–H groups in total. The number of amides is 1. The highest BCUT2D eigenvalue weighted by atomic mass is 127. The van der Waals surface area contributed by atoms with Crippen LogP contribution < -0.4 is 21.1 Å². The first-order valence-electron chi connectivity index (χ1n) is 8.00. The Balaban J connectivity index is 0.00000392. The van der Waals surface area contributed by atoms with Gasteiger partial charge in [-0.25, -0.2) is 0 Å². The molecule has 0 aliphatic rings. The van der Waals surface area contributed by atoms with Gasteiger partial charge in [0.05, 0.1) is 0 Å². The zero-order valence-electron chi connectivity index (χ0n) is 14.9. The Hall–Kier alpha value is -2.50. The number of benzene rings is 2. The van der Waals surface area contributed by atoms with Crippen LogP contribution in [-0.2, 0) is 6.42 Å². The standard InChI is InChI=1S/C18H19F3N4O2.HI/c1-23-16(26)13-4-2-3-12(11-13)9-10-24-17(22)25-14-5-7-15(8-6-14)27-18(19,20)21;/h2-8,11H,9-10H2,1H3,(H,23,26)(H3,22,24,25);1H. The van der Waals surface area contributed by atoms with E-state index < -0.39 is 6.36 Å². The molecule has 0 unspecified atom stereocenters. The number of nitrogens with zero attached hydrogens (tertiary/aromatic N) is 1. The lowest BCUT2D eigenvalue weighted by molar-refractivity contribution is -0.274. The van der Waals surface area contributed by atoms with E-state index in [1.54, 1.807) is 25.2 Å². The maximum absolute atomic E-state index is 12.1. The second kappa shape index (κ2) is 10.7. The van der Waals surface area contributed by atoms with Gasteiger partial charge in [0, 0.05) is 24.8 Å². The molecule has 10 heteroatoms. The lowest BCUT2D eigenvalue weighted by Gasteiger charge is -2.10. The third kappa shape index (κ3) is 8.03. The van der Waals surface area contributed by atoms with Gasteiger partial charge in [-0.1, -0.05) is 12.1 Å². The average Bonchev–Trinajstić information content (AvgIpc) is 2.62. The molecule has 6 nitrogen and oxygen atoms in total. The molecule has 2 aromatic rings. The molecule has 0 spiro atoms. The second-order valence-electron chi connectivity index (χ2n) is 5.49. The van der Waals surface area contributed by atoms with Crippen LogP contribution in [-0.4, -0.2) is 31.8 Å². The van der Waals surface area contributed by atoms with Crippen LogP contribution in [0.1, 0.15) is 15.9 Å². The van der Waals surface area contributed by atoms with Crippen molar-refractivity contribution in [3.05, 3.63) is 59.7 Å². The van der Waals surface area contributed by atoms with Gasteiger partial charge < -0.3 is 21.1 Å². The molecule has 0 aliphatic carbocycles. The van der Waals surface area contributed by atoms with E-state index in [0.717, 1.165) is 5.56 Å². The molecular weight excluding hydrogens is 488 g/mol. The van der Waals surface area contributed by atoms with Gasteiger partial charge in [0.25, 0.3) is 5.91 Å². The molecule has 28 heavy (non-hydrogen) atoms. The van der Waals surface area contributed by atoms with Crippen LogP contribution in [0.2, 0.25) is 0 Å². The monoisotopic (exact) mass is 508 g/mol. The zero-order chi connectivity index (χ0) is 19.9. The minimum Gasteiger partial charge on any atom is -0.406 e. The smallest absolute Gasteiger partial charge is 0.406 e. The first-order valence-corrected chi connectivity index (χ1v) is 8.00. The Morgan fingerprint density at radius 2 is 1.86 bits per heavy atom. The molecule has 0 radical (unpaired) electrons. The Kier molecular flexibility index (Phi) is 9.03. The van der Waals surface area contributed by atoms with Crippen molar-refractivity contribution < 1.29 is 22.7 Å². The summed E-state index contributed by atoms with van der Waals surface area (Å²) >= 11 is 0. The molecule has 152 valence electrons. The van der Waals surface area contributed by atoms with Gasteiger partial charge in [0.15, 0.2) is 5.96 Å². The summed E-state index contributed by atoms with van der Waals surface area (Å²) in [5.41, 5.74) is 7.75. The maximum Gasteiger partial charge on any atom is 0.573 e. The number of anilines is 1. The van der Waals surface area contributed by atoms with Crippen LogP contribution >= 0.6 is 24.0 Å². The van der Waals surface area contributed by atoms with Gasteiger partial charge in [-0.15, -0.1) is 37.1 Å². The Labute approximate surface area is 177 Å². The lowest BCUT2D eigenvalue weighted by atomic mass is 10.1. The molecule has 0 saturated carbocycles. The largest absolute Gasteiger partial charge is 0.573 e. The number of alkyl halides is 3. The van der Waals surface area contributed by atoms with Gasteiger partial charge in [0.1, 0.15) is 5.75 Å². The number of guanidine groups is 1. The van der Waals surface area contributed by atoms with Crippen molar-refractivity contribution in [3.8, 4) is 5.75 Å². The number of carbonyl (C=O) groups is 1. The minimum atomic E-state index is -4.73. The number of halogens is 4. The summed E-state index contributed by atoms with van der Waals surface area (Å²) in [6.07, 6.45) is -4.16. The Bertz CT molecular complexity index is 811. The van der Waals surface area contributed by atoms with Gasteiger partial charge in [-0.2, -0.15) is 0 Å². The molecule has 0 bridgehead atoms. The first kappa shape index (κ1) is 23.5. The SMILES string of the molecule is CNC(=O)c1cccc(CCN=C(N)Nc2ccc(OC(F)(F)F)cc2)c1.I. The highest BCUT2D eigenvalue weighted by molar-refractivity contribution is 14.0. The number of aliphatic imine (C=N–C) groups is 1. The van der Waals surface area contributed by atoms with Crippen LogP contribution in [0.25, 0.3) is 0 Å². The van der Waals surface area contributed by atoms with Crippen LogP contribution in [0.4, 0.5) is 18.9 Å². The Morgan fingerprint density at radius 3 is 2.46 bits per heavy atom. The summed E-state index contributed by atoms with van der Waals surface area (Å²) in [5, 5.41) is 5.34. The summed E-state index contributed by atoms with van der Waals surface area (Å²) in [7, 11) is 1.56.